The smallest absolute Gasteiger partial charge is 0.134 e. The molecule has 0 radical (unpaired) electrons. The van der Waals surface area contributed by atoms with Crippen LogP contribution in [0.1, 0.15) is 40.8 Å². The van der Waals surface area contributed by atoms with Crippen LogP contribution in [-0.4, -0.2) is 9.55 Å². The Balaban J connectivity index is 1.71. The van der Waals surface area contributed by atoms with Crippen molar-refractivity contribution in [2.45, 2.75) is 32.7 Å². The number of halogens is 1. The molecule has 1 aliphatic carbocycles. The lowest BCUT2D eigenvalue weighted by Gasteiger charge is -2.06. The zero-order valence-electron chi connectivity index (χ0n) is 14.7. The highest BCUT2D eigenvalue weighted by Crippen LogP contribution is 2.39. The minimum absolute atomic E-state index is 0.615. The summed E-state index contributed by atoms with van der Waals surface area (Å²) in [5.41, 5.74) is 6.16. The number of nitriles is 1. The van der Waals surface area contributed by atoms with Gasteiger partial charge in [0.25, 0.3) is 0 Å². The van der Waals surface area contributed by atoms with Crippen molar-refractivity contribution in [3.8, 4) is 17.3 Å². The summed E-state index contributed by atoms with van der Waals surface area (Å²) in [6.07, 6.45) is 4.49. The maximum Gasteiger partial charge on any atom is 0.134 e. The van der Waals surface area contributed by atoms with Crippen molar-refractivity contribution in [1.29, 1.82) is 5.26 Å². The van der Waals surface area contributed by atoms with E-state index in [4.69, 9.17) is 4.98 Å². The minimum Gasteiger partial charge on any atom is -0.346 e. The molecule has 1 fully saturated rings. The number of benzene rings is 1. The van der Waals surface area contributed by atoms with Crippen LogP contribution in [0.4, 0.5) is 0 Å². The molecule has 1 aromatic carbocycles. The molecule has 4 rings (SSSR count). The highest BCUT2D eigenvalue weighted by atomic mass is 79.9. The maximum absolute atomic E-state index is 9.70. The molecule has 0 aliphatic heterocycles. The number of hydrogen-bond acceptors (Lipinski definition) is 3. The molecule has 0 N–H and O–H groups in total. The number of thiazole rings is 1. The summed E-state index contributed by atoms with van der Waals surface area (Å²) in [6, 6.07) is 13.2. The second-order valence-corrected chi connectivity index (χ2v) is 8.33. The van der Waals surface area contributed by atoms with Crippen molar-refractivity contribution in [3.63, 3.8) is 0 Å². The van der Waals surface area contributed by atoms with Crippen molar-refractivity contribution in [2.24, 2.45) is 0 Å². The lowest BCUT2D eigenvalue weighted by Crippen LogP contribution is -1.98. The quantitative estimate of drug-likeness (QED) is 0.456. The fourth-order valence-electron chi connectivity index (χ4n) is 3.33. The van der Waals surface area contributed by atoms with Crippen LogP contribution in [0.25, 0.3) is 22.9 Å². The molecule has 3 nitrogen and oxygen atoms in total. The van der Waals surface area contributed by atoms with E-state index in [1.807, 2.05) is 35.7 Å². The first-order valence-electron chi connectivity index (χ1n) is 8.59. The molecule has 2 heterocycles. The van der Waals surface area contributed by atoms with Gasteiger partial charge in [-0.2, -0.15) is 5.26 Å². The summed E-state index contributed by atoms with van der Waals surface area (Å²) >= 11 is 5.08. The summed E-state index contributed by atoms with van der Waals surface area (Å²) < 4.78 is 3.40. The van der Waals surface area contributed by atoms with E-state index in [1.54, 1.807) is 0 Å². The first kappa shape index (κ1) is 17.3. The third-order valence-corrected chi connectivity index (χ3v) is 6.31. The van der Waals surface area contributed by atoms with Gasteiger partial charge in [-0.05, 0) is 50.5 Å². The molecule has 0 atom stereocenters. The molecule has 0 unspecified atom stereocenters. The Morgan fingerprint density at radius 2 is 2.12 bits per heavy atom. The SMILES string of the molecule is Cc1cc(C=C(C#N)c2nc(-c3ccccc3Br)cs2)c(C)n1C1CC1. The van der Waals surface area contributed by atoms with Gasteiger partial charge in [0.05, 0.1) is 11.3 Å². The van der Waals surface area contributed by atoms with Gasteiger partial charge in [-0.25, -0.2) is 4.98 Å². The highest BCUT2D eigenvalue weighted by molar-refractivity contribution is 9.10. The molecule has 3 aromatic rings. The zero-order chi connectivity index (χ0) is 18.3. The number of rotatable bonds is 4. The van der Waals surface area contributed by atoms with Gasteiger partial charge in [-0.1, -0.05) is 34.1 Å². The molecule has 0 saturated heterocycles. The van der Waals surface area contributed by atoms with Crippen LogP contribution in [0.15, 0.2) is 40.2 Å². The van der Waals surface area contributed by atoms with Crippen molar-refractivity contribution in [3.05, 3.63) is 62.1 Å². The van der Waals surface area contributed by atoms with Crippen molar-refractivity contribution >= 4 is 38.9 Å². The first-order valence-corrected chi connectivity index (χ1v) is 10.3. The van der Waals surface area contributed by atoms with Crippen LogP contribution >= 0.6 is 27.3 Å². The normalized spacial score (nSPS) is 14.5. The fourth-order valence-corrected chi connectivity index (χ4v) is 4.60. The van der Waals surface area contributed by atoms with Crippen LogP contribution in [0, 0.1) is 25.2 Å². The molecular formula is C21H18BrN3S. The molecule has 0 spiro atoms. The van der Waals surface area contributed by atoms with Gasteiger partial charge in [0.2, 0.25) is 0 Å². The largest absolute Gasteiger partial charge is 0.346 e. The van der Waals surface area contributed by atoms with Crippen LogP contribution in [0.2, 0.25) is 0 Å². The van der Waals surface area contributed by atoms with Gasteiger partial charge >= 0.3 is 0 Å². The molecule has 2 aromatic heterocycles. The highest BCUT2D eigenvalue weighted by Gasteiger charge is 2.26. The molecule has 0 bridgehead atoms. The molecule has 130 valence electrons. The predicted octanol–water partition coefficient (Wildman–Crippen LogP) is 6.39. The van der Waals surface area contributed by atoms with Gasteiger partial charge in [0.15, 0.2) is 0 Å². The summed E-state index contributed by atoms with van der Waals surface area (Å²) in [5, 5.41) is 12.5. The lowest BCUT2D eigenvalue weighted by atomic mass is 10.1. The summed E-state index contributed by atoms with van der Waals surface area (Å²) in [5.74, 6) is 0. The summed E-state index contributed by atoms with van der Waals surface area (Å²) in [7, 11) is 0. The maximum atomic E-state index is 9.70. The number of hydrogen-bond donors (Lipinski definition) is 0. The zero-order valence-corrected chi connectivity index (χ0v) is 17.1. The Hall–Kier alpha value is -2.16. The monoisotopic (exact) mass is 423 g/mol. The average Bonchev–Trinajstić information content (AvgIpc) is 3.26. The van der Waals surface area contributed by atoms with Crippen LogP contribution in [0.5, 0.6) is 0 Å². The van der Waals surface area contributed by atoms with Crippen molar-refractivity contribution in [1.82, 2.24) is 9.55 Å². The molecule has 0 amide bonds. The summed E-state index contributed by atoms with van der Waals surface area (Å²) in [6.45, 7) is 4.28. The van der Waals surface area contributed by atoms with Crippen LogP contribution < -0.4 is 0 Å². The number of aryl methyl sites for hydroxylation is 1. The topological polar surface area (TPSA) is 41.6 Å². The van der Waals surface area contributed by atoms with Crippen molar-refractivity contribution in [2.75, 3.05) is 0 Å². The Kier molecular flexibility index (Phi) is 4.56. The molecule has 26 heavy (non-hydrogen) atoms. The van der Waals surface area contributed by atoms with Gasteiger partial charge in [0, 0.05) is 32.8 Å². The van der Waals surface area contributed by atoms with E-state index >= 15 is 0 Å². The third-order valence-electron chi connectivity index (χ3n) is 4.74. The Bertz CT molecular complexity index is 1050. The second kappa shape index (κ2) is 6.86. The third kappa shape index (κ3) is 3.15. The van der Waals surface area contributed by atoms with E-state index in [2.05, 4.69) is 46.5 Å². The molecule has 1 aliphatic rings. The van der Waals surface area contributed by atoms with E-state index < -0.39 is 0 Å². The minimum atomic E-state index is 0.615. The van der Waals surface area contributed by atoms with Crippen molar-refractivity contribution < 1.29 is 0 Å². The lowest BCUT2D eigenvalue weighted by molar-refractivity contribution is 0.699. The number of aromatic nitrogens is 2. The van der Waals surface area contributed by atoms with Gasteiger partial charge in [0.1, 0.15) is 11.1 Å². The van der Waals surface area contributed by atoms with E-state index in [-0.39, 0.29) is 0 Å². The average molecular weight is 424 g/mol. The Morgan fingerprint density at radius 1 is 1.35 bits per heavy atom. The van der Waals surface area contributed by atoms with Crippen LogP contribution in [-0.2, 0) is 0 Å². The van der Waals surface area contributed by atoms with E-state index in [9.17, 15) is 5.26 Å². The van der Waals surface area contributed by atoms with E-state index in [1.165, 1.54) is 35.6 Å². The molecule has 1 saturated carbocycles. The molecule has 5 heteroatoms. The second-order valence-electron chi connectivity index (χ2n) is 6.62. The van der Waals surface area contributed by atoms with Crippen LogP contribution in [0.3, 0.4) is 0 Å². The van der Waals surface area contributed by atoms with E-state index in [0.717, 1.165) is 26.3 Å². The van der Waals surface area contributed by atoms with Gasteiger partial charge in [-0.3, -0.25) is 0 Å². The molecular weight excluding hydrogens is 406 g/mol. The predicted molar refractivity (Wildman–Crippen MR) is 111 cm³/mol. The summed E-state index contributed by atoms with van der Waals surface area (Å²) in [4.78, 5) is 4.71. The number of nitrogens with zero attached hydrogens (tertiary/aromatic N) is 3. The first-order chi connectivity index (χ1) is 12.6. The van der Waals surface area contributed by atoms with Gasteiger partial charge < -0.3 is 4.57 Å². The Morgan fingerprint density at radius 3 is 2.81 bits per heavy atom. The Labute approximate surface area is 165 Å². The number of allylic oxidation sites excluding steroid dienone is 1. The van der Waals surface area contributed by atoms with Gasteiger partial charge in [-0.15, -0.1) is 11.3 Å². The fraction of sp³-hybridized carbons (Fsp3) is 0.238. The van der Waals surface area contributed by atoms with E-state index in [0.29, 0.717) is 11.6 Å². The standard InChI is InChI=1S/C21H18BrN3S/c1-13-9-15(14(2)25(13)17-7-8-17)10-16(11-23)21-24-20(12-26-21)18-5-3-4-6-19(18)22/h3-6,9-10,12,17H,7-8H2,1-2H3.